The fourth-order valence-corrected chi connectivity index (χ4v) is 13.1. The lowest BCUT2D eigenvalue weighted by Crippen LogP contribution is -2.28. The normalized spacial score (nSPS) is 12.5. The van der Waals surface area contributed by atoms with E-state index in [4.69, 9.17) is 0 Å². The minimum absolute atomic E-state index is 0.488. The molecule has 0 unspecified atom stereocenters. The number of thiophene rings is 1. The second-order valence-electron chi connectivity index (χ2n) is 19.1. The summed E-state index contributed by atoms with van der Waals surface area (Å²) in [5, 5.41) is 5.04. The Morgan fingerprint density at radius 2 is 0.822 bits per heavy atom. The number of anilines is 3. The van der Waals surface area contributed by atoms with Crippen molar-refractivity contribution in [1.29, 1.82) is 0 Å². The van der Waals surface area contributed by atoms with Gasteiger partial charge in [0.1, 0.15) is 0 Å². The Hall–Kier alpha value is -9.08. The van der Waals surface area contributed by atoms with E-state index in [1.807, 2.05) is 11.3 Å². The quantitative estimate of drug-likeness (QED) is 0.139. The van der Waals surface area contributed by atoms with E-state index in [2.05, 4.69) is 290 Å². The van der Waals surface area contributed by atoms with E-state index in [1.165, 1.54) is 103 Å². The third-order valence-electron chi connectivity index (χ3n) is 15.2. The zero-order chi connectivity index (χ0) is 48.3. The van der Waals surface area contributed by atoms with Crippen molar-refractivity contribution in [2.45, 2.75) is 5.41 Å². The summed E-state index contributed by atoms with van der Waals surface area (Å²) in [5.41, 5.74) is 20.2. The maximum absolute atomic E-state index is 2.48. The Bertz CT molecular complexity index is 4130. The van der Waals surface area contributed by atoms with Crippen LogP contribution in [0.15, 0.2) is 285 Å². The van der Waals surface area contributed by atoms with E-state index in [9.17, 15) is 0 Å². The largest absolute Gasteiger partial charge is 0.310 e. The smallest absolute Gasteiger partial charge is 0.0713 e. The van der Waals surface area contributed by atoms with Gasteiger partial charge in [0.25, 0.3) is 0 Å². The van der Waals surface area contributed by atoms with Crippen LogP contribution in [-0.2, 0) is 5.41 Å². The van der Waals surface area contributed by atoms with Gasteiger partial charge in [-0.1, -0.05) is 243 Å². The molecule has 0 amide bonds. The summed E-state index contributed by atoms with van der Waals surface area (Å²) in [6, 6.07) is 105. The van der Waals surface area contributed by atoms with Gasteiger partial charge >= 0.3 is 0 Å². The average Bonchev–Trinajstić information content (AvgIpc) is 4.01. The van der Waals surface area contributed by atoms with E-state index in [-0.39, 0.29) is 0 Å². The monoisotopic (exact) mass is 945 g/mol. The molecule has 0 N–H and O–H groups in total. The van der Waals surface area contributed by atoms with Gasteiger partial charge in [-0.25, -0.2) is 0 Å². The molecule has 14 rings (SSSR count). The Kier molecular flexibility index (Phi) is 10.3. The number of hydrogen-bond acceptors (Lipinski definition) is 2. The molecule has 0 spiro atoms. The Labute approximate surface area is 430 Å². The van der Waals surface area contributed by atoms with Crippen LogP contribution in [0.5, 0.6) is 0 Å². The van der Waals surface area contributed by atoms with E-state index in [1.54, 1.807) is 0 Å². The molecule has 0 radical (unpaired) electrons. The molecule has 0 atom stereocenters. The van der Waals surface area contributed by atoms with Crippen LogP contribution in [0.3, 0.4) is 0 Å². The molecular formula is C71H47NS. The molecule has 1 aliphatic rings. The maximum Gasteiger partial charge on any atom is 0.0713 e. The van der Waals surface area contributed by atoms with Gasteiger partial charge in [0, 0.05) is 31.5 Å². The first-order chi connectivity index (χ1) is 36.2. The molecule has 0 fully saturated rings. The fraction of sp³-hybridized carbons (Fsp3) is 0.0141. The van der Waals surface area contributed by atoms with Gasteiger partial charge in [-0.15, -0.1) is 11.3 Å². The van der Waals surface area contributed by atoms with Gasteiger partial charge in [0.05, 0.1) is 11.1 Å². The van der Waals surface area contributed by atoms with Crippen molar-refractivity contribution < 1.29 is 0 Å². The lowest BCUT2D eigenvalue weighted by molar-refractivity contribution is 0.769. The predicted molar refractivity (Wildman–Crippen MR) is 311 cm³/mol. The van der Waals surface area contributed by atoms with E-state index in [0.717, 1.165) is 22.6 Å². The van der Waals surface area contributed by atoms with Crippen molar-refractivity contribution in [3.8, 4) is 55.6 Å². The number of rotatable bonds is 9. The molecule has 0 saturated heterocycles. The maximum atomic E-state index is 2.48. The molecule has 0 saturated carbocycles. The van der Waals surface area contributed by atoms with Crippen LogP contribution in [0.1, 0.15) is 22.3 Å². The molecule has 2 heteroatoms. The number of hydrogen-bond donors (Lipinski definition) is 0. The predicted octanol–water partition coefficient (Wildman–Crippen LogP) is 19.7. The number of fused-ring (bicyclic) bond motifs is 7. The van der Waals surface area contributed by atoms with Gasteiger partial charge in [0.2, 0.25) is 0 Å². The lowest BCUT2D eigenvalue weighted by Gasteiger charge is -2.34. The average molecular weight is 946 g/mol. The van der Waals surface area contributed by atoms with E-state index >= 15 is 0 Å². The molecule has 1 aliphatic carbocycles. The van der Waals surface area contributed by atoms with Crippen LogP contribution < -0.4 is 4.90 Å². The minimum Gasteiger partial charge on any atom is -0.310 e. The van der Waals surface area contributed by atoms with E-state index in [0.29, 0.717) is 0 Å². The van der Waals surface area contributed by atoms with Gasteiger partial charge in [-0.2, -0.15) is 0 Å². The van der Waals surface area contributed by atoms with Crippen LogP contribution in [0.25, 0.3) is 86.6 Å². The summed E-state index contributed by atoms with van der Waals surface area (Å²) < 4.78 is 2.56. The lowest BCUT2D eigenvalue weighted by atomic mass is 9.67. The third-order valence-corrected chi connectivity index (χ3v) is 16.4. The van der Waals surface area contributed by atoms with Crippen molar-refractivity contribution in [3.63, 3.8) is 0 Å². The van der Waals surface area contributed by atoms with Gasteiger partial charge in [0.15, 0.2) is 0 Å². The van der Waals surface area contributed by atoms with Gasteiger partial charge in [-0.3, -0.25) is 0 Å². The third kappa shape index (κ3) is 7.06. The molecule has 1 nitrogen and oxygen atoms in total. The van der Waals surface area contributed by atoms with Crippen molar-refractivity contribution >= 4 is 59.3 Å². The summed E-state index contributed by atoms with van der Waals surface area (Å²) in [4.78, 5) is 2.48. The number of nitrogens with zero attached hydrogens (tertiary/aromatic N) is 1. The summed E-state index contributed by atoms with van der Waals surface area (Å²) in [6.07, 6.45) is 0. The Morgan fingerprint density at radius 3 is 1.59 bits per heavy atom. The van der Waals surface area contributed by atoms with Crippen molar-refractivity contribution in [2.24, 2.45) is 0 Å². The zero-order valence-electron chi connectivity index (χ0n) is 40.0. The van der Waals surface area contributed by atoms with E-state index < -0.39 is 5.41 Å². The first-order valence-electron chi connectivity index (χ1n) is 25.2. The molecule has 1 heterocycles. The molecule has 13 aromatic rings. The standard InChI is InChI=1S/C71H47NS/c1-4-18-51(19-5-1)61-44-45-67(69-64-30-13-15-33-68(64)73-70(61)69)72(57-41-38-49(39-42-57)48-34-36-52(37-35-48)60-31-17-21-50-20-10-11-28-59(50)60)58-27-16-22-53(46-58)54-40-43-63-62-29-12-14-32-65(62)71(66(63)47-54,55-23-6-2-7-24-55)56-25-8-3-9-26-56/h1-47H. The van der Waals surface area contributed by atoms with Gasteiger partial charge in [-0.05, 0) is 131 Å². The molecule has 1 aromatic heterocycles. The van der Waals surface area contributed by atoms with Crippen LogP contribution in [0, 0.1) is 0 Å². The molecule has 342 valence electrons. The summed E-state index contributed by atoms with van der Waals surface area (Å²) in [7, 11) is 0. The topological polar surface area (TPSA) is 3.24 Å². The highest BCUT2D eigenvalue weighted by molar-refractivity contribution is 7.26. The van der Waals surface area contributed by atoms with Crippen LogP contribution in [0.2, 0.25) is 0 Å². The highest BCUT2D eigenvalue weighted by atomic mass is 32.1. The molecule has 0 aliphatic heterocycles. The van der Waals surface area contributed by atoms with Crippen LogP contribution >= 0.6 is 11.3 Å². The highest BCUT2D eigenvalue weighted by Gasteiger charge is 2.46. The van der Waals surface area contributed by atoms with Crippen molar-refractivity contribution in [3.05, 3.63) is 307 Å². The second-order valence-corrected chi connectivity index (χ2v) is 20.2. The number of benzene rings is 12. The van der Waals surface area contributed by atoms with Crippen molar-refractivity contribution in [1.82, 2.24) is 0 Å². The molecule has 0 bridgehead atoms. The zero-order valence-corrected chi connectivity index (χ0v) is 40.8. The summed E-state index contributed by atoms with van der Waals surface area (Å²) in [5.74, 6) is 0. The second kappa shape index (κ2) is 17.6. The Morgan fingerprint density at radius 1 is 0.301 bits per heavy atom. The highest BCUT2D eigenvalue weighted by Crippen LogP contribution is 2.57. The Balaban J connectivity index is 0.928. The van der Waals surface area contributed by atoms with Gasteiger partial charge < -0.3 is 4.90 Å². The molecule has 12 aromatic carbocycles. The van der Waals surface area contributed by atoms with Crippen LogP contribution in [0.4, 0.5) is 17.1 Å². The molecule has 73 heavy (non-hydrogen) atoms. The summed E-state index contributed by atoms with van der Waals surface area (Å²) >= 11 is 1.88. The van der Waals surface area contributed by atoms with Crippen molar-refractivity contribution in [2.75, 3.05) is 4.90 Å². The minimum atomic E-state index is -0.488. The summed E-state index contributed by atoms with van der Waals surface area (Å²) in [6.45, 7) is 0. The fourth-order valence-electron chi connectivity index (χ4n) is 11.8. The first-order valence-corrected chi connectivity index (χ1v) is 26.0. The first kappa shape index (κ1) is 42.8. The molecular weight excluding hydrogens is 899 g/mol. The van der Waals surface area contributed by atoms with Crippen LogP contribution in [-0.4, -0.2) is 0 Å². The SMILES string of the molecule is c1ccc(-c2ccc(N(c3ccc(-c4ccc(-c5cccc6ccccc56)cc4)cc3)c3cccc(-c4ccc5c(c4)C(c4ccccc4)(c4ccccc4)c4ccccc4-5)c3)c3c2sc2ccccc23)cc1.